The number of H-pyrrole nitrogens is 1. The Balaban J connectivity index is 1.57. The third-order valence-corrected chi connectivity index (χ3v) is 5.19. The molecule has 1 saturated heterocycles. The highest BCUT2D eigenvalue weighted by Crippen LogP contribution is 2.26. The molecule has 1 N–H and O–H groups in total. The summed E-state index contributed by atoms with van der Waals surface area (Å²) in [5.74, 6) is 1.05. The van der Waals surface area contributed by atoms with Gasteiger partial charge in [0, 0.05) is 31.6 Å². The molecule has 0 bridgehead atoms. The molecule has 2 aromatic heterocycles. The van der Waals surface area contributed by atoms with Crippen molar-refractivity contribution in [1.29, 1.82) is 0 Å². The van der Waals surface area contributed by atoms with Gasteiger partial charge < -0.3 is 14.4 Å². The molecule has 2 aromatic rings. The number of nitrogens with one attached hydrogen (secondary N) is 1. The van der Waals surface area contributed by atoms with Crippen LogP contribution in [0, 0.1) is 6.92 Å². The van der Waals surface area contributed by atoms with Gasteiger partial charge in [-0.2, -0.15) is 4.98 Å². The molecule has 1 fully saturated rings. The fourth-order valence-electron chi connectivity index (χ4n) is 3.86. The van der Waals surface area contributed by atoms with Gasteiger partial charge in [-0.3, -0.25) is 9.59 Å². The maximum absolute atomic E-state index is 12.9. The summed E-state index contributed by atoms with van der Waals surface area (Å²) < 4.78 is 5.06. The molecule has 2 aliphatic rings. The van der Waals surface area contributed by atoms with Gasteiger partial charge in [0.25, 0.3) is 11.5 Å². The van der Waals surface area contributed by atoms with E-state index in [1.54, 1.807) is 17.9 Å². The predicted molar refractivity (Wildman–Crippen MR) is 90.6 cm³/mol. The number of aromatic amines is 1. The van der Waals surface area contributed by atoms with Gasteiger partial charge >= 0.3 is 0 Å². The Morgan fingerprint density at radius 3 is 2.96 bits per heavy atom. The van der Waals surface area contributed by atoms with Crippen molar-refractivity contribution in [3.8, 4) is 0 Å². The highest BCUT2D eigenvalue weighted by atomic mass is 16.5. The van der Waals surface area contributed by atoms with E-state index in [9.17, 15) is 9.59 Å². The number of hydrogen-bond donors (Lipinski definition) is 1. The van der Waals surface area contributed by atoms with E-state index < -0.39 is 0 Å². The van der Waals surface area contributed by atoms with Crippen LogP contribution in [-0.4, -0.2) is 39.0 Å². The zero-order chi connectivity index (χ0) is 17.4. The van der Waals surface area contributed by atoms with Crippen molar-refractivity contribution in [3.05, 3.63) is 45.0 Å². The number of nitrogens with zero attached hydrogens (tertiary/aromatic N) is 3. The van der Waals surface area contributed by atoms with Crippen molar-refractivity contribution in [2.45, 2.75) is 51.4 Å². The van der Waals surface area contributed by atoms with E-state index in [0.717, 1.165) is 49.8 Å². The van der Waals surface area contributed by atoms with Gasteiger partial charge in [0.05, 0.1) is 0 Å². The second-order valence-electron chi connectivity index (χ2n) is 6.98. The Morgan fingerprint density at radius 1 is 1.32 bits per heavy atom. The SMILES string of the molecule is Cc1nc([C@H]2CCCN(C(=O)c3cc4c([nH]c3=O)CCCC4)C2)no1. The number of pyridine rings is 1. The number of likely N-dealkylation sites (tertiary alicyclic amines) is 1. The average molecular weight is 342 g/mol. The molecule has 0 spiro atoms. The van der Waals surface area contributed by atoms with E-state index >= 15 is 0 Å². The number of aryl methyl sites for hydroxylation is 3. The molecular weight excluding hydrogens is 320 g/mol. The van der Waals surface area contributed by atoms with Crippen LogP contribution in [0.5, 0.6) is 0 Å². The molecule has 1 aliphatic heterocycles. The minimum atomic E-state index is -0.275. The standard InChI is InChI=1S/C18H22N4O3/c1-11-19-16(21-25-11)13-6-4-8-22(10-13)18(24)14-9-12-5-2-3-7-15(12)20-17(14)23/h9,13H,2-8,10H2,1H3,(H,20,23)/t13-/m0/s1. The van der Waals surface area contributed by atoms with E-state index in [-0.39, 0.29) is 22.9 Å². The second-order valence-corrected chi connectivity index (χ2v) is 6.98. The third-order valence-electron chi connectivity index (χ3n) is 5.19. The molecule has 25 heavy (non-hydrogen) atoms. The van der Waals surface area contributed by atoms with Gasteiger partial charge in [-0.25, -0.2) is 0 Å². The van der Waals surface area contributed by atoms with Gasteiger partial charge in [0.15, 0.2) is 5.82 Å². The highest BCUT2D eigenvalue weighted by Gasteiger charge is 2.29. The Kier molecular flexibility index (Phi) is 4.15. The third kappa shape index (κ3) is 3.10. The largest absolute Gasteiger partial charge is 0.340 e. The van der Waals surface area contributed by atoms with Gasteiger partial charge in [-0.15, -0.1) is 0 Å². The number of carbonyl (C=O) groups excluding carboxylic acids is 1. The first-order valence-electron chi connectivity index (χ1n) is 8.96. The summed E-state index contributed by atoms with van der Waals surface area (Å²) in [7, 11) is 0. The van der Waals surface area contributed by atoms with Crippen LogP contribution in [0.4, 0.5) is 0 Å². The Hall–Kier alpha value is -2.44. The van der Waals surface area contributed by atoms with Crippen molar-refractivity contribution in [2.24, 2.45) is 0 Å². The number of hydrogen-bond acceptors (Lipinski definition) is 5. The maximum Gasteiger partial charge on any atom is 0.261 e. The fourth-order valence-corrected chi connectivity index (χ4v) is 3.86. The summed E-state index contributed by atoms with van der Waals surface area (Å²) in [6.45, 7) is 2.94. The summed E-state index contributed by atoms with van der Waals surface area (Å²) in [4.78, 5) is 34.3. The molecule has 0 saturated carbocycles. The van der Waals surface area contributed by atoms with E-state index in [0.29, 0.717) is 24.8 Å². The average Bonchev–Trinajstić information content (AvgIpc) is 3.07. The van der Waals surface area contributed by atoms with E-state index in [1.165, 1.54) is 0 Å². The lowest BCUT2D eigenvalue weighted by atomic mass is 9.94. The van der Waals surface area contributed by atoms with E-state index in [4.69, 9.17) is 4.52 Å². The van der Waals surface area contributed by atoms with Crippen molar-refractivity contribution in [1.82, 2.24) is 20.0 Å². The van der Waals surface area contributed by atoms with Gasteiger partial charge in [-0.05, 0) is 50.2 Å². The summed E-state index contributed by atoms with van der Waals surface area (Å²) in [5.41, 5.74) is 2.08. The van der Waals surface area contributed by atoms with Gasteiger partial charge in [-0.1, -0.05) is 5.16 Å². The molecule has 1 atom stereocenters. The van der Waals surface area contributed by atoms with Crippen LogP contribution in [0.3, 0.4) is 0 Å². The van der Waals surface area contributed by atoms with Crippen molar-refractivity contribution < 1.29 is 9.32 Å². The first-order chi connectivity index (χ1) is 12.1. The Bertz CT molecular complexity index is 854. The van der Waals surface area contributed by atoms with Crippen LogP contribution in [0.25, 0.3) is 0 Å². The van der Waals surface area contributed by atoms with E-state index in [2.05, 4.69) is 15.1 Å². The lowest BCUT2D eigenvalue weighted by Crippen LogP contribution is -2.41. The topological polar surface area (TPSA) is 92.1 Å². The zero-order valence-corrected chi connectivity index (χ0v) is 14.4. The van der Waals surface area contributed by atoms with Crippen LogP contribution in [0.15, 0.2) is 15.4 Å². The Labute approximate surface area is 145 Å². The second kappa shape index (κ2) is 6.46. The minimum absolute atomic E-state index is 0.0619. The maximum atomic E-state index is 12.9. The Morgan fingerprint density at radius 2 is 2.16 bits per heavy atom. The summed E-state index contributed by atoms with van der Waals surface area (Å²) >= 11 is 0. The smallest absolute Gasteiger partial charge is 0.261 e. The molecule has 1 aliphatic carbocycles. The quantitative estimate of drug-likeness (QED) is 0.901. The molecule has 7 nitrogen and oxygen atoms in total. The number of amides is 1. The predicted octanol–water partition coefficient (Wildman–Crippen LogP) is 1.96. The van der Waals surface area contributed by atoms with Gasteiger partial charge in [0.1, 0.15) is 5.56 Å². The van der Waals surface area contributed by atoms with Crippen LogP contribution in [0.1, 0.15) is 64.9 Å². The van der Waals surface area contributed by atoms with Crippen molar-refractivity contribution in [2.75, 3.05) is 13.1 Å². The molecule has 4 rings (SSSR count). The van der Waals surface area contributed by atoms with Crippen molar-refractivity contribution in [3.63, 3.8) is 0 Å². The number of carbonyl (C=O) groups is 1. The first-order valence-corrected chi connectivity index (χ1v) is 8.96. The van der Waals surface area contributed by atoms with Crippen LogP contribution in [-0.2, 0) is 12.8 Å². The molecule has 0 unspecified atom stereocenters. The lowest BCUT2D eigenvalue weighted by Gasteiger charge is -2.31. The molecule has 0 radical (unpaired) electrons. The lowest BCUT2D eigenvalue weighted by molar-refractivity contribution is 0.0701. The van der Waals surface area contributed by atoms with Crippen LogP contribution in [0.2, 0.25) is 0 Å². The molecule has 7 heteroatoms. The number of rotatable bonds is 2. The summed E-state index contributed by atoms with van der Waals surface area (Å²) in [6.07, 6.45) is 5.80. The summed E-state index contributed by atoms with van der Waals surface area (Å²) in [6, 6.07) is 1.80. The zero-order valence-electron chi connectivity index (χ0n) is 14.4. The monoisotopic (exact) mass is 342 g/mol. The summed E-state index contributed by atoms with van der Waals surface area (Å²) in [5, 5.41) is 3.99. The molecule has 1 amide bonds. The molecule has 3 heterocycles. The van der Waals surface area contributed by atoms with Crippen molar-refractivity contribution >= 4 is 5.91 Å². The molecule has 0 aromatic carbocycles. The highest BCUT2D eigenvalue weighted by molar-refractivity contribution is 5.94. The molecule has 132 valence electrons. The van der Waals surface area contributed by atoms with Crippen LogP contribution >= 0.6 is 0 Å². The molecular formula is C18H22N4O3. The minimum Gasteiger partial charge on any atom is -0.340 e. The van der Waals surface area contributed by atoms with Crippen LogP contribution < -0.4 is 5.56 Å². The van der Waals surface area contributed by atoms with Gasteiger partial charge in [0.2, 0.25) is 5.89 Å². The number of fused-ring (bicyclic) bond motifs is 1. The normalized spacial score (nSPS) is 20.4. The first kappa shape index (κ1) is 16.1. The fraction of sp³-hybridized carbons (Fsp3) is 0.556. The number of piperidine rings is 1. The van der Waals surface area contributed by atoms with E-state index in [1.807, 2.05) is 0 Å². The number of aromatic nitrogens is 3.